The molecule has 0 spiro atoms. The lowest BCUT2D eigenvalue weighted by Gasteiger charge is -2.20. The van der Waals surface area contributed by atoms with Crippen LogP contribution in [0, 0.1) is 0 Å². The first-order chi connectivity index (χ1) is 9.85. The number of ether oxygens (including phenoxy) is 2. The predicted molar refractivity (Wildman–Crippen MR) is 80.4 cm³/mol. The minimum atomic E-state index is 0.473. The van der Waals surface area contributed by atoms with Crippen molar-refractivity contribution in [2.45, 2.75) is 50.7 Å². The molecular formula is C17H25NO2. The van der Waals surface area contributed by atoms with E-state index in [0.29, 0.717) is 12.1 Å². The molecule has 3 heteroatoms. The van der Waals surface area contributed by atoms with E-state index in [1.165, 1.54) is 30.4 Å². The van der Waals surface area contributed by atoms with Crippen molar-refractivity contribution in [3.63, 3.8) is 0 Å². The highest BCUT2D eigenvalue weighted by Gasteiger charge is 2.20. The summed E-state index contributed by atoms with van der Waals surface area (Å²) in [5, 5.41) is 3.45. The minimum Gasteiger partial charge on any atom is -0.493 e. The Balaban J connectivity index is 1.51. The number of aryl methyl sites for hydroxylation is 1. The van der Waals surface area contributed by atoms with Gasteiger partial charge < -0.3 is 14.8 Å². The molecule has 2 atom stereocenters. The molecule has 0 saturated carbocycles. The Morgan fingerprint density at radius 2 is 2.30 bits per heavy atom. The van der Waals surface area contributed by atoms with E-state index in [0.717, 1.165) is 38.2 Å². The Morgan fingerprint density at radius 3 is 3.10 bits per heavy atom. The smallest absolute Gasteiger partial charge is 0.122 e. The number of benzene rings is 1. The van der Waals surface area contributed by atoms with Crippen LogP contribution in [0.2, 0.25) is 0 Å². The van der Waals surface area contributed by atoms with E-state index in [1.54, 1.807) is 0 Å². The number of hydrogen-bond acceptors (Lipinski definition) is 3. The van der Waals surface area contributed by atoms with Crippen molar-refractivity contribution in [1.29, 1.82) is 0 Å². The Labute approximate surface area is 121 Å². The molecule has 1 fully saturated rings. The first-order valence-electron chi connectivity index (χ1n) is 7.88. The van der Waals surface area contributed by atoms with E-state index >= 15 is 0 Å². The van der Waals surface area contributed by atoms with Crippen LogP contribution in [0.5, 0.6) is 5.75 Å². The van der Waals surface area contributed by atoms with Crippen LogP contribution in [0.25, 0.3) is 0 Å². The topological polar surface area (TPSA) is 30.5 Å². The second-order valence-corrected chi connectivity index (χ2v) is 5.94. The number of nitrogens with one attached hydrogen (secondary N) is 1. The van der Waals surface area contributed by atoms with Crippen LogP contribution in [0.4, 0.5) is 0 Å². The van der Waals surface area contributed by atoms with Gasteiger partial charge in [0.25, 0.3) is 0 Å². The molecule has 1 aromatic carbocycles. The lowest BCUT2D eigenvalue weighted by Crippen LogP contribution is -2.30. The second-order valence-electron chi connectivity index (χ2n) is 5.94. The molecule has 1 saturated heterocycles. The Kier molecular flexibility index (Phi) is 4.58. The van der Waals surface area contributed by atoms with Crippen molar-refractivity contribution in [2.24, 2.45) is 0 Å². The average molecular weight is 275 g/mol. The van der Waals surface area contributed by atoms with E-state index < -0.39 is 0 Å². The summed E-state index contributed by atoms with van der Waals surface area (Å²) in [6.45, 7) is 1.79. The highest BCUT2D eigenvalue weighted by Crippen LogP contribution is 2.26. The highest BCUT2D eigenvalue weighted by atomic mass is 16.5. The summed E-state index contributed by atoms with van der Waals surface area (Å²) < 4.78 is 11.3. The van der Waals surface area contributed by atoms with Crippen LogP contribution < -0.4 is 10.1 Å². The van der Waals surface area contributed by atoms with Gasteiger partial charge >= 0.3 is 0 Å². The molecule has 20 heavy (non-hydrogen) atoms. The Bertz CT molecular complexity index is 441. The summed E-state index contributed by atoms with van der Waals surface area (Å²) in [4.78, 5) is 0. The average Bonchev–Trinajstić information content (AvgIpc) is 3.13. The maximum absolute atomic E-state index is 5.74. The zero-order valence-electron chi connectivity index (χ0n) is 12.4. The van der Waals surface area contributed by atoms with Gasteiger partial charge in [0.2, 0.25) is 0 Å². The molecule has 2 aliphatic heterocycles. The lowest BCUT2D eigenvalue weighted by molar-refractivity contribution is 0.0945. The third-order valence-electron chi connectivity index (χ3n) is 4.51. The van der Waals surface area contributed by atoms with E-state index in [1.807, 2.05) is 0 Å². The van der Waals surface area contributed by atoms with Crippen LogP contribution in [-0.2, 0) is 17.6 Å². The zero-order valence-corrected chi connectivity index (χ0v) is 12.4. The SMILES string of the molecule is CNC(CCc1ccc2c(c1)CCO2)CC1CCCO1. The molecule has 0 aliphatic carbocycles. The summed E-state index contributed by atoms with van der Waals surface area (Å²) in [6, 6.07) is 7.22. The summed E-state index contributed by atoms with van der Waals surface area (Å²) >= 11 is 0. The van der Waals surface area contributed by atoms with Crippen LogP contribution >= 0.6 is 0 Å². The van der Waals surface area contributed by atoms with Crippen LogP contribution in [0.1, 0.15) is 36.8 Å². The van der Waals surface area contributed by atoms with Crippen LogP contribution in [0.3, 0.4) is 0 Å². The van der Waals surface area contributed by atoms with E-state index in [9.17, 15) is 0 Å². The first kappa shape index (κ1) is 13.9. The minimum absolute atomic E-state index is 0.473. The van der Waals surface area contributed by atoms with Crippen molar-refractivity contribution in [1.82, 2.24) is 5.32 Å². The third kappa shape index (κ3) is 3.33. The van der Waals surface area contributed by atoms with E-state index in [4.69, 9.17) is 9.47 Å². The van der Waals surface area contributed by atoms with Crippen molar-refractivity contribution >= 4 is 0 Å². The molecule has 3 nitrogen and oxygen atoms in total. The lowest BCUT2D eigenvalue weighted by atomic mass is 9.98. The summed E-state index contributed by atoms with van der Waals surface area (Å²) in [7, 11) is 2.07. The predicted octanol–water partition coefficient (Wildman–Crippen LogP) is 2.71. The Hall–Kier alpha value is -1.06. The van der Waals surface area contributed by atoms with E-state index in [-0.39, 0.29) is 0 Å². The maximum Gasteiger partial charge on any atom is 0.122 e. The van der Waals surface area contributed by atoms with Gasteiger partial charge in [-0.1, -0.05) is 12.1 Å². The maximum atomic E-state index is 5.74. The molecule has 0 bridgehead atoms. The molecule has 2 unspecified atom stereocenters. The van der Waals surface area contributed by atoms with Gasteiger partial charge in [-0.3, -0.25) is 0 Å². The fourth-order valence-electron chi connectivity index (χ4n) is 3.26. The molecule has 1 N–H and O–H groups in total. The molecule has 3 rings (SSSR count). The monoisotopic (exact) mass is 275 g/mol. The van der Waals surface area contributed by atoms with Gasteiger partial charge in [0.1, 0.15) is 5.75 Å². The van der Waals surface area contributed by atoms with Gasteiger partial charge in [-0.05, 0) is 56.3 Å². The normalized spacial score (nSPS) is 22.6. The Morgan fingerprint density at radius 1 is 1.35 bits per heavy atom. The van der Waals surface area contributed by atoms with Gasteiger partial charge in [0.05, 0.1) is 12.7 Å². The summed E-state index contributed by atoms with van der Waals surface area (Å²) in [5.74, 6) is 1.08. The fraction of sp³-hybridized carbons (Fsp3) is 0.647. The van der Waals surface area contributed by atoms with Crippen LogP contribution in [0.15, 0.2) is 18.2 Å². The standard InChI is InChI=1S/C17H25NO2/c1-18-15(12-16-3-2-9-19-16)6-4-13-5-7-17-14(11-13)8-10-20-17/h5,7,11,15-16,18H,2-4,6,8-10,12H2,1H3. The molecule has 0 aromatic heterocycles. The molecule has 0 radical (unpaired) electrons. The third-order valence-corrected chi connectivity index (χ3v) is 4.51. The van der Waals surface area contributed by atoms with Gasteiger partial charge in [-0.25, -0.2) is 0 Å². The van der Waals surface area contributed by atoms with Gasteiger partial charge in [0, 0.05) is 19.1 Å². The van der Waals surface area contributed by atoms with Crippen molar-refractivity contribution in [3.05, 3.63) is 29.3 Å². The largest absolute Gasteiger partial charge is 0.493 e. The summed E-state index contributed by atoms with van der Waals surface area (Å²) in [5.41, 5.74) is 2.81. The molecular weight excluding hydrogens is 250 g/mol. The molecule has 1 aromatic rings. The number of rotatable bonds is 6. The zero-order chi connectivity index (χ0) is 13.8. The summed E-state index contributed by atoms with van der Waals surface area (Å²) in [6.07, 6.45) is 7.45. The molecule has 2 aliphatic rings. The number of fused-ring (bicyclic) bond motifs is 1. The van der Waals surface area contributed by atoms with Crippen LogP contribution in [-0.4, -0.2) is 32.4 Å². The molecule has 2 heterocycles. The van der Waals surface area contributed by atoms with Gasteiger partial charge in [0.15, 0.2) is 0 Å². The highest BCUT2D eigenvalue weighted by molar-refractivity contribution is 5.39. The quantitative estimate of drug-likeness (QED) is 0.866. The molecule has 0 amide bonds. The van der Waals surface area contributed by atoms with Crippen molar-refractivity contribution in [3.8, 4) is 5.75 Å². The van der Waals surface area contributed by atoms with E-state index in [2.05, 4.69) is 30.6 Å². The van der Waals surface area contributed by atoms with Crippen molar-refractivity contribution in [2.75, 3.05) is 20.3 Å². The second kappa shape index (κ2) is 6.59. The van der Waals surface area contributed by atoms with Crippen molar-refractivity contribution < 1.29 is 9.47 Å². The fourth-order valence-corrected chi connectivity index (χ4v) is 3.26. The first-order valence-corrected chi connectivity index (χ1v) is 7.88. The number of hydrogen-bond donors (Lipinski definition) is 1. The molecule has 110 valence electrons. The van der Waals surface area contributed by atoms with Gasteiger partial charge in [-0.15, -0.1) is 0 Å². The van der Waals surface area contributed by atoms with Gasteiger partial charge in [-0.2, -0.15) is 0 Å².